The standard InChI is InChI=1S/C18H15NO4S2/c1-22-13-5-3-4-12(10-13)19-17(21)16(25-18(19)24)9-11-6-7-14(20)15(8-11)23-2/h3-10,20H,1-2H3. The molecule has 1 amide bonds. The number of carbonyl (C=O) groups excluding carboxylic acids is 1. The van der Waals surface area contributed by atoms with Gasteiger partial charge in [-0.15, -0.1) is 0 Å². The molecule has 5 nitrogen and oxygen atoms in total. The van der Waals surface area contributed by atoms with Gasteiger partial charge < -0.3 is 14.6 Å². The van der Waals surface area contributed by atoms with E-state index in [-0.39, 0.29) is 11.7 Å². The largest absolute Gasteiger partial charge is 0.504 e. The number of thioether (sulfide) groups is 1. The van der Waals surface area contributed by atoms with Gasteiger partial charge in [0.15, 0.2) is 15.8 Å². The predicted molar refractivity (Wildman–Crippen MR) is 103 cm³/mol. The lowest BCUT2D eigenvalue weighted by molar-refractivity contribution is -0.113. The van der Waals surface area contributed by atoms with Gasteiger partial charge in [-0.25, -0.2) is 0 Å². The Kier molecular flexibility index (Phi) is 4.96. The molecule has 3 rings (SSSR count). The molecule has 1 aliphatic rings. The van der Waals surface area contributed by atoms with Crippen LogP contribution in [-0.2, 0) is 4.79 Å². The summed E-state index contributed by atoms with van der Waals surface area (Å²) in [6.07, 6.45) is 1.72. The average Bonchev–Trinajstić information content (AvgIpc) is 2.90. The fourth-order valence-electron chi connectivity index (χ4n) is 2.38. The Morgan fingerprint density at radius 1 is 1.16 bits per heavy atom. The molecule has 0 unspecified atom stereocenters. The van der Waals surface area contributed by atoms with E-state index in [0.29, 0.717) is 26.4 Å². The molecular formula is C18H15NO4S2. The van der Waals surface area contributed by atoms with E-state index in [1.807, 2.05) is 0 Å². The van der Waals surface area contributed by atoms with Crippen LogP contribution in [-0.4, -0.2) is 29.6 Å². The second kappa shape index (κ2) is 7.16. The maximum Gasteiger partial charge on any atom is 0.270 e. The van der Waals surface area contributed by atoms with Crippen molar-refractivity contribution in [2.45, 2.75) is 0 Å². The monoisotopic (exact) mass is 373 g/mol. The van der Waals surface area contributed by atoms with Crippen molar-refractivity contribution in [2.24, 2.45) is 0 Å². The first kappa shape index (κ1) is 17.3. The second-order valence-corrected chi connectivity index (χ2v) is 6.83. The minimum Gasteiger partial charge on any atom is -0.504 e. The fourth-order valence-corrected chi connectivity index (χ4v) is 3.67. The smallest absolute Gasteiger partial charge is 0.270 e. The Labute approximate surface area is 154 Å². The number of hydrogen-bond donors (Lipinski definition) is 1. The Balaban J connectivity index is 1.93. The second-order valence-electron chi connectivity index (χ2n) is 5.15. The van der Waals surface area contributed by atoms with E-state index >= 15 is 0 Å². The molecule has 0 atom stereocenters. The molecule has 0 radical (unpaired) electrons. The third-order valence-corrected chi connectivity index (χ3v) is 4.91. The molecule has 0 aliphatic carbocycles. The Morgan fingerprint density at radius 3 is 2.68 bits per heavy atom. The van der Waals surface area contributed by atoms with Crippen molar-refractivity contribution in [3.05, 3.63) is 52.9 Å². The number of amides is 1. The van der Waals surface area contributed by atoms with E-state index in [4.69, 9.17) is 21.7 Å². The number of ether oxygens (including phenoxy) is 2. The Hall–Kier alpha value is -2.51. The van der Waals surface area contributed by atoms with Crippen LogP contribution >= 0.6 is 24.0 Å². The van der Waals surface area contributed by atoms with Gasteiger partial charge >= 0.3 is 0 Å². The van der Waals surface area contributed by atoms with E-state index in [0.717, 1.165) is 5.56 Å². The number of phenolic OH excluding ortho intramolecular Hbond substituents is 1. The normalized spacial score (nSPS) is 15.8. The molecule has 128 valence electrons. The Bertz CT molecular complexity index is 879. The molecule has 0 spiro atoms. The van der Waals surface area contributed by atoms with E-state index in [1.54, 1.807) is 49.6 Å². The van der Waals surface area contributed by atoms with Crippen LogP contribution in [0.5, 0.6) is 17.2 Å². The Morgan fingerprint density at radius 2 is 1.96 bits per heavy atom. The number of methoxy groups -OCH3 is 2. The maximum atomic E-state index is 12.8. The van der Waals surface area contributed by atoms with Crippen molar-refractivity contribution >= 4 is 46.0 Å². The highest BCUT2D eigenvalue weighted by molar-refractivity contribution is 8.27. The third kappa shape index (κ3) is 3.47. The fraction of sp³-hybridized carbons (Fsp3) is 0.111. The lowest BCUT2D eigenvalue weighted by atomic mass is 10.2. The van der Waals surface area contributed by atoms with Crippen LogP contribution in [0.3, 0.4) is 0 Å². The number of benzene rings is 2. The van der Waals surface area contributed by atoms with Crippen molar-refractivity contribution in [1.29, 1.82) is 0 Å². The number of nitrogens with zero attached hydrogens (tertiary/aromatic N) is 1. The summed E-state index contributed by atoms with van der Waals surface area (Å²) >= 11 is 6.59. The first-order valence-corrected chi connectivity index (χ1v) is 8.55. The first-order chi connectivity index (χ1) is 12.0. The van der Waals surface area contributed by atoms with Gasteiger partial charge in [0.1, 0.15) is 5.75 Å². The molecule has 25 heavy (non-hydrogen) atoms. The van der Waals surface area contributed by atoms with Gasteiger partial charge in [-0.1, -0.05) is 36.1 Å². The van der Waals surface area contributed by atoms with Crippen LogP contribution < -0.4 is 14.4 Å². The number of rotatable bonds is 4. The molecular weight excluding hydrogens is 358 g/mol. The molecule has 2 aromatic rings. The lowest BCUT2D eigenvalue weighted by Gasteiger charge is -2.15. The minimum atomic E-state index is -0.199. The summed E-state index contributed by atoms with van der Waals surface area (Å²) in [5, 5.41) is 9.67. The molecule has 1 N–H and O–H groups in total. The van der Waals surface area contributed by atoms with Crippen LogP contribution in [0.1, 0.15) is 5.56 Å². The van der Waals surface area contributed by atoms with Crippen molar-refractivity contribution in [1.82, 2.24) is 0 Å². The van der Waals surface area contributed by atoms with Gasteiger partial charge in [-0.3, -0.25) is 9.69 Å². The van der Waals surface area contributed by atoms with Crippen LogP contribution in [0.2, 0.25) is 0 Å². The van der Waals surface area contributed by atoms with Crippen molar-refractivity contribution in [3.63, 3.8) is 0 Å². The van der Waals surface area contributed by atoms with E-state index in [2.05, 4.69) is 0 Å². The van der Waals surface area contributed by atoms with Gasteiger partial charge in [0.05, 0.1) is 24.8 Å². The molecule has 1 saturated heterocycles. The van der Waals surface area contributed by atoms with E-state index in [9.17, 15) is 9.90 Å². The molecule has 1 aliphatic heterocycles. The zero-order valence-electron chi connectivity index (χ0n) is 13.6. The third-order valence-electron chi connectivity index (χ3n) is 3.61. The van der Waals surface area contributed by atoms with Crippen LogP contribution in [0, 0.1) is 0 Å². The zero-order valence-corrected chi connectivity index (χ0v) is 15.2. The average molecular weight is 373 g/mol. The van der Waals surface area contributed by atoms with Gasteiger partial charge in [-0.05, 0) is 35.9 Å². The summed E-state index contributed by atoms with van der Waals surface area (Å²) in [7, 11) is 3.04. The molecule has 0 bridgehead atoms. The molecule has 1 fully saturated rings. The predicted octanol–water partition coefficient (Wildman–Crippen LogP) is 3.82. The van der Waals surface area contributed by atoms with Gasteiger partial charge in [0.25, 0.3) is 5.91 Å². The number of hydrogen-bond acceptors (Lipinski definition) is 6. The summed E-state index contributed by atoms with van der Waals surface area (Å²) in [6.45, 7) is 0. The van der Waals surface area contributed by atoms with E-state index in [1.165, 1.54) is 29.8 Å². The first-order valence-electron chi connectivity index (χ1n) is 7.32. The molecule has 7 heteroatoms. The highest BCUT2D eigenvalue weighted by atomic mass is 32.2. The summed E-state index contributed by atoms with van der Waals surface area (Å²) in [5.74, 6) is 0.842. The number of aromatic hydroxyl groups is 1. The van der Waals surface area contributed by atoms with Crippen LogP contribution in [0.25, 0.3) is 6.08 Å². The van der Waals surface area contributed by atoms with Crippen molar-refractivity contribution in [3.8, 4) is 17.2 Å². The van der Waals surface area contributed by atoms with Crippen molar-refractivity contribution in [2.75, 3.05) is 19.1 Å². The molecule has 2 aromatic carbocycles. The van der Waals surface area contributed by atoms with Gasteiger partial charge in [0, 0.05) is 6.07 Å². The number of phenols is 1. The van der Waals surface area contributed by atoms with E-state index < -0.39 is 0 Å². The van der Waals surface area contributed by atoms with Crippen molar-refractivity contribution < 1.29 is 19.4 Å². The highest BCUT2D eigenvalue weighted by Crippen LogP contribution is 2.37. The van der Waals surface area contributed by atoms with Gasteiger partial charge in [0.2, 0.25) is 0 Å². The number of thiocarbonyl (C=S) groups is 1. The molecule has 0 aromatic heterocycles. The lowest BCUT2D eigenvalue weighted by Crippen LogP contribution is -2.27. The summed E-state index contributed by atoms with van der Waals surface area (Å²) in [5.41, 5.74) is 1.40. The molecule has 0 saturated carbocycles. The molecule has 1 heterocycles. The zero-order chi connectivity index (χ0) is 18.0. The minimum absolute atomic E-state index is 0.0450. The number of anilines is 1. The highest BCUT2D eigenvalue weighted by Gasteiger charge is 2.33. The van der Waals surface area contributed by atoms with Crippen LogP contribution in [0.4, 0.5) is 5.69 Å². The van der Waals surface area contributed by atoms with Crippen LogP contribution in [0.15, 0.2) is 47.4 Å². The summed E-state index contributed by atoms with van der Waals surface area (Å²) in [6, 6.07) is 12.1. The quantitative estimate of drug-likeness (QED) is 0.650. The van der Waals surface area contributed by atoms with Gasteiger partial charge in [-0.2, -0.15) is 0 Å². The SMILES string of the molecule is COc1cccc(N2C(=O)C(=Cc3ccc(O)c(OC)c3)SC2=S)c1. The number of carbonyl (C=O) groups is 1. The maximum absolute atomic E-state index is 12.8. The summed E-state index contributed by atoms with van der Waals surface area (Å²) in [4.78, 5) is 14.7. The summed E-state index contributed by atoms with van der Waals surface area (Å²) < 4.78 is 10.8. The topological polar surface area (TPSA) is 59.0 Å².